The van der Waals surface area contributed by atoms with Crippen LogP contribution in [0.4, 0.5) is 0 Å². The van der Waals surface area contributed by atoms with Crippen LogP contribution in [0.25, 0.3) is 0 Å². The maximum absolute atomic E-state index is 13.0. The standard InChI is InChI=1S/C34H64N4O3/c1-24(2)22-37-14-9-29(10-15-37)41-32-20-28(21-32)36-34(6,7)13-8-26(5)33(39)23-38-16-11-30(12-17-38)40-31-18-27(19-31)35-25(3)4/h24-32,35-36H,8-23H2,1-7H3/t26?,27-,28-,31-,32-. The lowest BCUT2D eigenvalue weighted by Crippen LogP contribution is -2.54. The number of likely N-dealkylation sites (tertiary alicyclic amines) is 2. The molecule has 7 heteroatoms. The highest BCUT2D eigenvalue weighted by Gasteiger charge is 2.36. The third-order valence-corrected chi connectivity index (χ3v) is 9.95. The highest BCUT2D eigenvalue weighted by atomic mass is 16.5. The van der Waals surface area contributed by atoms with Gasteiger partial charge in [0.1, 0.15) is 5.78 Å². The number of nitrogens with zero attached hydrogens (tertiary/aromatic N) is 2. The molecule has 2 aliphatic carbocycles. The van der Waals surface area contributed by atoms with Gasteiger partial charge in [-0.2, -0.15) is 0 Å². The lowest BCUT2D eigenvalue weighted by Gasteiger charge is -2.44. The van der Waals surface area contributed by atoms with E-state index in [9.17, 15) is 4.79 Å². The molecule has 0 spiro atoms. The van der Waals surface area contributed by atoms with Crippen molar-refractivity contribution in [1.29, 1.82) is 0 Å². The Morgan fingerprint density at radius 1 is 0.780 bits per heavy atom. The van der Waals surface area contributed by atoms with E-state index in [-0.39, 0.29) is 11.5 Å². The van der Waals surface area contributed by atoms with Gasteiger partial charge in [-0.1, -0.05) is 34.6 Å². The number of hydrogen-bond donors (Lipinski definition) is 2. The summed E-state index contributed by atoms with van der Waals surface area (Å²) in [6.07, 6.45) is 12.7. The Labute approximate surface area is 252 Å². The number of piperidine rings is 2. The fourth-order valence-corrected chi connectivity index (χ4v) is 7.31. The molecule has 238 valence electrons. The van der Waals surface area contributed by atoms with Gasteiger partial charge >= 0.3 is 0 Å². The molecule has 1 unspecified atom stereocenters. The van der Waals surface area contributed by atoms with Gasteiger partial charge in [0.25, 0.3) is 0 Å². The zero-order valence-corrected chi connectivity index (χ0v) is 27.6. The van der Waals surface area contributed by atoms with E-state index >= 15 is 0 Å². The Morgan fingerprint density at radius 2 is 1.29 bits per heavy atom. The summed E-state index contributed by atoms with van der Waals surface area (Å²) in [6.45, 7) is 21.9. The van der Waals surface area contributed by atoms with Crippen molar-refractivity contribution < 1.29 is 14.3 Å². The molecule has 2 heterocycles. The van der Waals surface area contributed by atoms with Crippen molar-refractivity contribution in [2.75, 3.05) is 39.3 Å². The van der Waals surface area contributed by atoms with E-state index in [1.54, 1.807) is 0 Å². The summed E-state index contributed by atoms with van der Waals surface area (Å²) in [5.74, 6) is 1.26. The summed E-state index contributed by atoms with van der Waals surface area (Å²) in [5, 5.41) is 7.48. The van der Waals surface area contributed by atoms with Crippen LogP contribution in [-0.2, 0) is 14.3 Å². The van der Waals surface area contributed by atoms with E-state index in [2.05, 4.69) is 68.9 Å². The molecule has 4 fully saturated rings. The molecule has 2 saturated heterocycles. The molecule has 0 aromatic heterocycles. The normalized spacial score (nSPS) is 30.0. The molecule has 0 aromatic carbocycles. The lowest BCUT2D eigenvalue weighted by molar-refractivity contribution is -0.125. The summed E-state index contributed by atoms with van der Waals surface area (Å²) in [7, 11) is 0. The second-order valence-electron chi connectivity index (χ2n) is 15.5. The fraction of sp³-hybridized carbons (Fsp3) is 0.971. The van der Waals surface area contributed by atoms with Crippen molar-refractivity contribution in [3.63, 3.8) is 0 Å². The first-order valence-corrected chi connectivity index (χ1v) is 17.3. The highest BCUT2D eigenvalue weighted by molar-refractivity contribution is 5.82. The van der Waals surface area contributed by atoms with E-state index < -0.39 is 0 Å². The van der Waals surface area contributed by atoms with Crippen LogP contribution in [0.1, 0.15) is 113 Å². The van der Waals surface area contributed by atoms with Crippen molar-refractivity contribution in [3.8, 4) is 0 Å². The summed E-state index contributed by atoms with van der Waals surface area (Å²) in [6, 6.07) is 1.73. The minimum absolute atomic E-state index is 0.0489. The molecule has 0 amide bonds. The van der Waals surface area contributed by atoms with Gasteiger partial charge in [0.2, 0.25) is 0 Å². The zero-order chi connectivity index (χ0) is 29.6. The molecular formula is C34H64N4O3. The molecule has 0 aromatic rings. The number of carbonyl (C=O) groups excluding carboxylic acids is 1. The fourth-order valence-electron chi connectivity index (χ4n) is 7.31. The van der Waals surface area contributed by atoms with Gasteiger partial charge in [-0.15, -0.1) is 0 Å². The highest BCUT2D eigenvalue weighted by Crippen LogP contribution is 2.31. The van der Waals surface area contributed by atoms with E-state index in [0.717, 1.165) is 70.4 Å². The van der Waals surface area contributed by atoms with E-state index in [1.807, 2.05) is 0 Å². The number of Topliss-reactive ketones (excluding diaryl/α,β-unsaturated/α-hetero) is 1. The Kier molecular flexibility index (Phi) is 12.5. The molecule has 2 saturated carbocycles. The molecule has 4 rings (SSSR count). The predicted octanol–water partition coefficient (Wildman–Crippen LogP) is 5.02. The summed E-state index contributed by atoms with van der Waals surface area (Å²) < 4.78 is 12.8. The molecule has 0 bridgehead atoms. The van der Waals surface area contributed by atoms with Crippen LogP contribution in [0, 0.1) is 11.8 Å². The van der Waals surface area contributed by atoms with Crippen LogP contribution < -0.4 is 10.6 Å². The van der Waals surface area contributed by atoms with Crippen molar-refractivity contribution in [3.05, 3.63) is 0 Å². The quantitative estimate of drug-likeness (QED) is 0.268. The second kappa shape index (κ2) is 15.4. The van der Waals surface area contributed by atoms with E-state index in [0.29, 0.717) is 54.9 Å². The molecule has 7 nitrogen and oxygen atoms in total. The first-order chi connectivity index (χ1) is 19.4. The average molecular weight is 577 g/mol. The first-order valence-electron chi connectivity index (χ1n) is 17.3. The molecule has 2 aliphatic heterocycles. The van der Waals surface area contributed by atoms with Crippen LogP contribution in [0.15, 0.2) is 0 Å². The first kappa shape index (κ1) is 33.3. The van der Waals surface area contributed by atoms with Crippen molar-refractivity contribution in [2.24, 2.45) is 11.8 Å². The minimum Gasteiger partial charge on any atom is -0.375 e. The van der Waals surface area contributed by atoms with E-state index in [1.165, 1.54) is 32.5 Å². The number of ketones is 1. The van der Waals surface area contributed by atoms with Gasteiger partial charge in [-0.25, -0.2) is 0 Å². The molecule has 1 atom stereocenters. The molecule has 2 N–H and O–H groups in total. The monoisotopic (exact) mass is 576 g/mol. The maximum atomic E-state index is 13.0. The Balaban J connectivity index is 1.03. The van der Waals surface area contributed by atoms with Gasteiger partial charge in [-0.3, -0.25) is 9.69 Å². The van der Waals surface area contributed by atoms with Gasteiger partial charge < -0.3 is 25.0 Å². The molecular weight excluding hydrogens is 512 g/mol. The lowest BCUT2D eigenvalue weighted by atomic mass is 9.84. The van der Waals surface area contributed by atoms with E-state index in [4.69, 9.17) is 9.47 Å². The summed E-state index contributed by atoms with van der Waals surface area (Å²) in [5.41, 5.74) is 0.0489. The Hall–Kier alpha value is -0.570. The molecule has 41 heavy (non-hydrogen) atoms. The molecule has 4 aliphatic rings. The Bertz CT molecular complexity index is 777. The minimum atomic E-state index is 0.0489. The van der Waals surface area contributed by atoms with Crippen LogP contribution in [-0.4, -0.2) is 103 Å². The Morgan fingerprint density at radius 3 is 1.80 bits per heavy atom. The maximum Gasteiger partial charge on any atom is 0.149 e. The third kappa shape index (κ3) is 11.1. The number of carbonyl (C=O) groups is 1. The van der Waals surface area contributed by atoms with Gasteiger partial charge in [0.05, 0.1) is 31.0 Å². The number of nitrogens with one attached hydrogen (secondary N) is 2. The third-order valence-electron chi connectivity index (χ3n) is 9.95. The van der Waals surface area contributed by atoms with Crippen molar-refractivity contribution >= 4 is 5.78 Å². The largest absolute Gasteiger partial charge is 0.375 e. The van der Waals surface area contributed by atoms with Gasteiger partial charge in [0.15, 0.2) is 0 Å². The average Bonchev–Trinajstić information content (AvgIpc) is 2.86. The van der Waals surface area contributed by atoms with Gasteiger partial charge in [-0.05, 0) is 84.0 Å². The number of hydrogen-bond acceptors (Lipinski definition) is 7. The molecule has 0 radical (unpaired) electrons. The van der Waals surface area contributed by atoms with Crippen molar-refractivity contribution in [2.45, 2.75) is 161 Å². The predicted molar refractivity (Wildman–Crippen MR) is 168 cm³/mol. The van der Waals surface area contributed by atoms with Crippen LogP contribution in [0.5, 0.6) is 0 Å². The second-order valence-corrected chi connectivity index (χ2v) is 15.5. The van der Waals surface area contributed by atoms with Crippen LogP contribution >= 0.6 is 0 Å². The van der Waals surface area contributed by atoms with Gasteiger partial charge in [0, 0.05) is 62.3 Å². The van der Waals surface area contributed by atoms with Crippen molar-refractivity contribution in [1.82, 2.24) is 20.4 Å². The smallest absolute Gasteiger partial charge is 0.149 e. The summed E-state index contributed by atoms with van der Waals surface area (Å²) in [4.78, 5) is 18.0. The number of rotatable bonds is 16. The summed E-state index contributed by atoms with van der Waals surface area (Å²) >= 11 is 0. The van der Waals surface area contributed by atoms with Crippen LogP contribution in [0.3, 0.4) is 0 Å². The SMILES string of the molecule is CC(C)CN1CCC(O[C@H]2C[C@H](NC(C)(C)CCC(C)C(=O)CN3CCC(O[C@H]4C[C@H](NC(C)C)C4)CC3)C2)CC1. The van der Waals surface area contributed by atoms with Crippen LogP contribution in [0.2, 0.25) is 0 Å². The number of ether oxygens (including phenoxy) is 2. The topological polar surface area (TPSA) is 66.1 Å². The zero-order valence-electron chi connectivity index (χ0n) is 27.6.